The van der Waals surface area contributed by atoms with Gasteiger partial charge in [0, 0.05) is 13.1 Å². The predicted octanol–water partition coefficient (Wildman–Crippen LogP) is 2.46. The highest BCUT2D eigenvalue weighted by Crippen LogP contribution is 2.27. The van der Waals surface area contributed by atoms with E-state index in [9.17, 15) is 5.11 Å². The number of nitrogens with zero attached hydrogens (tertiary/aromatic N) is 1. The van der Waals surface area contributed by atoms with Crippen molar-refractivity contribution in [3.8, 4) is 0 Å². The van der Waals surface area contributed by atoms with E-state index < -0.39 is 0 Å². The molecule has 1 aromatic carbocycles. The van der Waals surface area contributed by atoms with Crippen LogP contribution in [-0.2, 0) is 5.54 Å². The quantitative estimate of drug-likeness (QED) is 0.845. The number of likely N-dealkylation sites (N-methyl/N-ethyl adjacent to an activating group) is 1. The van der Waals surface area contributed by atoms with Gasteiger partial charge in [-0.15, -0.1) is 0 Å². The molecule has 0 spiro atoms. The van der Waals surface area contributed by atoms with Crippen LogP contribution in [-0.4, -0.2) is 42.8 Å². The van der Waals surface area contributed by atoms with Crippen molar-refractivity contribution in [1.82, 2.24) is 10.2 Å². The summed E-state index contributed by atoms with van der Waals surface area (Å²) >= 11 is 0. The van der Waals surface area contributed by atoms with Gasteiger partial charge in [-0.05, 0) is 36.9 Å². The van der Waals surface area contributed by atoms with E-state index in [1.807, 2.05) is 6.07 Å². The minimum Gasteiger partial charge on any atom is -0.394 e. The molecule has 3 nitrogen and oxygen atoms in total. The Labute approximate surface area is 129 Å². The topological polar surface area (TPSA) is 35.5 Å². The summed E-state index contributed by atoms with van der Waals surface area (Å²) < 4.78 is 0. The zero-order valence-corrected chi connectivity index (χ0v) is 13.7. The van der Waals surface area contributed by atoms with Gasteiger partial charge in [0.1, 0.15) is 0 Å². The van der Waals surface area contributed by atoms with Crippen molar-refractivity contribution in [2.75, 3.05) is 32.8 Å². The second-order valence-corrected chi connectivity index (χ2v) is 6.61. The molecular formula is C18H30N2O. The minimum atomic E-state index is -0.351. The number of aliphatic hydroxyl groups excluding tert-OH is 1. The van der Waals surface area contributed by atoms with Crippen molar-refractivity contribution < 1.29 is 5.11 Å². The van der Waals surface area contributed by atoms with Crippen molar-refractivity contribution in [2.45, 2.75) is 32.7 Å². The molecular weight excluding hydrogens is 260 g/mol. The molecule has 0 bridgehead atoms. The molecule has 0 aromatic heterocycles. The molecule has 1 saturated heterocycles. The Kier molecular flexibility index (Phi) is 5.80. The van der Waals surface area contributed by atoms with Gasteiger partial charge in [0.2, 0.25) is 0 Å². The molecule has 1 fully saturated rings. The van der Waals surface area contributed by atoms with Crippen LogP contribution in [0.1, 0.15) is 32.8 Å². The minimum absolute atomic E-state index is 0.130. The van der Waals surface area contributed by atoms with Crippen LogP contribution < -0.4 is 5.32 Å². The molecule has 118 valence electrons. The van der Waals surface area contributed by atoms with E-state index in [1.165, 1.54) is 12.0 Å². The van der Waals surface area contributed by atoms with Crippen LogP contribution in [0.2, 0.25) is 0 Å². The van der Waals surface area contributed by atoms with E-state index in [2.05, 4.69) is 55.3 Å². The fraction of sp³-hybridized carbons (Fsp3) is 0.667. The molecule has 21 heavy (non-hydrogen) atoms. The first-order chi connectivity index (χ1) is 10.1. The van der Waals surface area contributed by atoms with Crippen molar-refractivity contribution in [2.24, 2.45) is 11.8 Å². The summed E-state index contributed by atoms with van der Waals surface area (Å²) in [5.41, 5.74) is 0.830. The van der Waals surface area contributed by atoms with Gasteiger partial charge < -0.3 is 15.3 Å². The molecule has 0 radical (unpaired) electrons. The van der Waals surface area contributed by atoms with Crippen LogP contribution in [0, 0.1) is 11.8 Å². The Morgan fingerprint density at radius 1 is 1.24 bits per heavy atom. The zero-order chi connectivity index (χ0) is 15.3. The van der Waals surface area contributed by atoms with E-state index in [-0.39, 0.29) is 12.1 Å². The number of rotatable bonds is 6. The largest absolute Gasteiger partial charge is 0.394 e. The molecule has 3 heteroatoms. The number of aliphatic hydroxyl groups is 1. The van der Waals surface area contributed by atoms with Crippen LogP contribution in [0.5, 0.6) is 0 Å². The molecule has 3 unspecified atom stereocenters. The lowest BCUT2D eigenvalue weighted by molar-refractivity contribution is 0.0683. The Balaban J connectivity index is 2.17. The molecule has 0 amide bonds. The highest BCUT2D eigenvalue weighted by atomic mass is 16.3. The summed E-state index contributed by atoms with van der Waals surface area (Å²) in [7, 11) is 0. The lowest BCUT2D eigenvalue weighted by atomic mass is 9.85. The standard InChI is InChI=1S/C18H30N2O/c1-4-19-18(14-21,17-8-6-5-7-9-17)13-20-11-10-15(2)16(3)12-20/h5-9,15-16,19,21H,4,10-14H2,1-3H3. The molecule has 2 N–H and O–H groups in total. The third-order valence-corrected chi connectivity index (χ3v) is 5.02. The molecule has 2 rings (SSSR count). The Morgan fingerprint density at radius 3 is 2.52 bits per heavy atom. The van der Waals surface area contributed by atoms with Crippen LogP contribution in [0.3, 0.4) is 0 Å². The van der Waals surface area contributed by atoms with E-state index in [4.69, 9.17) is 0 Å². The monoisotopic (exact) mass is 290 g/mol. The maximum atomic E-state index is 10.1. The van der Waals surface area contributed by atoms with Crippen LogP contribution >= 0.6 is 0 Å². The average Bonchev–Trinajstić information content (AvgIpc) is 2.51. The summed E-state index contributed by atoms with van der Waals surface area (Å²) in [6.07, 6.45) is 1.25. The highest BCUT2D eigenvalue weighted by molar-refractivity contribution is 5.25. The molecule has 0 saturated carbocycles. The molecule has 1 aromatic rings. The first-order valence-corrected chi connectivity index (χ1v) is 8.25. The Bertz CT molecular complexity index is 422. The number of hydrogen-bond donors (Lipinski definition) is 2. The van der Waals surface area contributed by atoms with Crippen molar-refractivity contribution in [1.29, 1.82) is 0 Å². The van der Waals surface area contributed by atoms with Crippen LogP contribution in [0.15, 0.2) is 30.3 Å². The fourth-order valence-electron chi connectivity index (χ4n) is 3.42. The second-order valence-electron chi connectivity index (χ2n) is 6.61. The van der Waals surface area contributed by atoms with E-state index in [0.29, 0.717) is 0 Å². The van der Waals surface area contributed by atoms with Crippen molar-refractivity contribution >= 4 is 0 Å². The van der Waals surface area contributed by atoms with E-state index in [1.54, 1.807) is 0 Å². The number of likely N-dealkylation sites (tertiary alicyclic amines) is 1. The van der Waals surface area contributed by atoms with Gasteiger partial charge in [-0.2, -0.15) is 0 Å². The highest BCUT2D eigenvalue weighted by Gasteiger charge is 2.34. The number of piperidine rings is 1. The Morgan fingerprint density at radius 2 is 1.95 bits per heavy atom. The number of hydrogen-bond acceptors (Lipinski definition) is 3. The fourth-order valence-corrected chi connectivity index (χ4v) is 3.42. The van der Waals surface area contributed by atoms with Gasteiger partial charge in [0.05, 0.1) is 12.1 Å². The zero-order valence-electron chi connectivity index (χ0n) is 13.7. The summed E-state index contributed by atoms with van der Waals surface area (Å²) in [4.78, 5) is 2.51. The SMILES string of the molecule is CCNC(CO)(CN1CCC(C)C(C)C1)c1ccccc1. The third kappa shape index (κ3) is 3.85. The molecule has 0 aliphatic carbocycles. The summed E-state index contributed by atoms with van der Waals surface area (Å²) in [6, 6.07) is 10.4. The number of benzene rings is 1. The van der Waals surface area contributed by atoms with E-state index in [0.717, 1.165) is 38.0 Å². The number of nitrogens with one attached hydrogen (secondary N) is 1. The summed E-state index contributed by atoms with van der Waals surface area (Å²) in [6.45, 7) is 10.9. The average molecular weight is 290 g/mol. The maximum Gasteiger partial charge on any atom is 0.0797 e. The van der Waals surface area contributed by atoms with Gasteiger partial charge in [0.15, 0.2) is 0 Å². The Hall–Kier alpha value is -0.900. The summed E-state index contributed by atoms with van der Waals surface area (Å²) in [5.74, 6) is 1.54. The first-order valence-electron chi connectivity index (χ1n) is 8.25. The second kappa shape index (κ2) is 7.39. The first kappa shape index (κ1) is 16.5. The molecule has 1 aliphatic rings. The normalized spacial score (nSPS) is 26.5. The molecule has 1 heterocycles. The van der Waals surface area contributed by atoms with Gasteiger partial charge in [-0.25, -0.2) is 0 Å². The van der Waals surface area contributed by atoms with Gasteiger partial charge in [0.25, 0.3) is 0 Å². The van der Waals surface area contributed by atoms with Crippen LogP contribution in [0.25, 0.3) is 0 Å². The lowest BCUT2D eigenvalue weighted by Crippen LogP contribution is -2.55. The molecule has 1 aliphatic heterocycles. The van der Waals surface area contributed by atoms with E-state index >= 15 is 0 Å². The maximum absolute atomic E-state index is 10.1. The third-order valence-electron chi connectivity index (χ3n) is 5.02. The van der Waals surface area contributed by atoms with Gasteiger partial charge >= 0.3 is 0 Å². The van der Waals surface area contributed by atoms with Crippen LogP contribution in [0.4, 0.5) is 0 Å². The lowest BCUT2D eigenvalue weighted by Gasteiger charge is -2.42. The van der Waals surface area contributed by atoms with Crippen molar-refractivity contribution in [3.63, 3.8) is 0 Å². The van der Waals surface area contributed by atoms with Gasteiger partial charge in [-0.1, -0.05) is 51.1 Å². The van der Waals surface area contributed by atoms with Gasteiger partial charge in [-0.3, -0.25) is 0 Å². The smallest absolute Gasteiger partial charge is 0.0797 e. The predicted molar refractivity (Wildman–Crippen MR) is 88.3 cm³/mol. The molecule has 3 atom stereocenters. The summed E-state index contributed by atoms with van der Waals surface area (Å²) in [5, 5.41) is 13.7. The van der Waals surface area contributed by atoms with Crippen molar-refractivity contribution in [3.05, 3.63) is 35.9 Å².